The number of benzene rings is 2. The molecule has 2 saturated heterocycles. The second kappa shape index (κ2) is 13.6. The van der Waals surface area contributed by atoms with Gasteiger partial charge >= 0.3 is 0 Å². The van der Waals surface area contributed by atoms with E-state index in [1.54, 1.807) is 12.1 Å². The topological polar surface area (TPSA) is 124 Å². The fourth-order valence-electron chi connectivity index (χ4n) is 6.50. The van der Waals surface area contributed by atoms with Crippen LogP contribution in [0.25, 0.3) is 22.4 Å². The van der Waals surface area contributed by atoms with Gasteiger partial charge in [0.25, 0.3) is 5.91 Å². The summed E-state index contributed by atoms with van der Waals surface area (Å²) in [6, 6.07) is 14.8. The Morgan fingerprint density at radius 3 is 2.18 bits per heavy atom. The Hall–Kier alpha value is -3.53. The van der Waals surface area contributed by atoms with Crippen LogP contribution in [0.15, 0.2) is 48.5 Å². The van der Waals surface area contributed by atoms with Crippen LogP contribution in [-0.4, -0.2) is 70.4 Å². The Balaban J connectivity index is 1.43. The van der Waals surface area contributed by atoms with E-state index >= 15 is 0 Å². The highest BCUT2D eigenvalue weighted by Crippen LogP contribution is 2.40. The van der Waals surface area contributed by atoms with Crippen molar-refractivity contribution in [2.75, 3.05) is 32.8 Å². The number of nitrogens with two attached hydrogens (primary N) is 2. The summed E-state index contributed by atoms with van der Waals surface area (Å²) >= 11 is 12.9. The lowest BCUT2D eigenvalue weighted by molar-refractivity contribution is -0.134. The summed E-state index contributed by atoms with van der Waals surface area (Å²) in [6.07, 6.45) is 5.12. The monoisotopic (exact) mass is 639 g/mol. The first-order valence-corrected chi connectivity index (χ1v) is 15.9. The number of piperidine rings is 2. The Labute approximate surface area is 268 Å². The number of nitrogens with zero attached hydrogens (tertiary/aromatic N) is 3. The van der Waals surface area contributed by atoms with Crippen molar-refractivity contribution < 1.29 is 19.1 Å². The van der Waals surface area contributed by atoms with Crippen molar-refractivity contribution in [1.82, 2.24) is 14.4 Å². The summed E-state index contributed by atoms with van der Waals surface area (Å²) in [5.74, 6) is -0.108. The third-order valence-electron chi connectivity index (χ3n) is 8.94. The van der Waals surface area contributed by atoms with Gasteiger partial charge in [-0.1, -0.05) is 35.7 Å². The van der Waals surface area contributed by atoms with E-state index in [-0.39, 0.29) is 24.1 Å². The van der Waals surface area contributed by atoms with Gasteiger partial charge in [-0.15, -0.1) is 0 Å². The molecule has 5 rings (SSSR count). The molecule has 0 spiro atoms. The van der Waals surface area contributed by atoms with E-state index in [1.807, 2.05) is 52.9 Å². The summed E-state index contributed by atoms with van der Waals surface area (Å²) in [6.45, 7) is 2.98. The van der Waals surface area contributed by atoms with Crippen LogP contribution in [0.1, 0.15) is 55.4 Å². The van der Waals surface area contributed by atoms with Crippen molar-refractivity contribution in [3.63, 3.8) is 0 Å². The number of ether oxygens (including phenoxy) is 1. The van der Waals surface area contributed by atoms with Crippen LogP contribution in [0.5, 0.6) is 5.75 Å². The van der Waals surface area contributed by atoms with Crippen molar-refractivity contribution in [1.29, 1.82) is 0 Å². The summed E-state index contributed by atoms with van der Waals surface area (Å²) in [4.78, 5) is 41.9. The molecule has 234 valence electrons. The summed E-state index contributed by atoms with van der Waals surface area (Å²) in [5.41, 5.74) is 14.2. The lowest BCUT2D eigenvalue weighted by Gasteiger charge is -2.48. The van der Waals surface area contributed by atoms with E-state index in [9.17, 15) is 14.4 Å². The zero-order valence-electron chi connectivity index (χ0n) is 25.0. The lowest BCUT2D eigenvalue weighted by Crippen LogP contribution is -2.63. The van der Waals surface area contributed by atoms with Crippen LogP contribution in [-0.2, 0) is 16.6 Å². The van der Waals surface area contributed by atoms with Crippen molar-refractivity contribution in [2.45, 2.75) is 50.5 Å². The van der Waals surface area contributed by atoms with E-state index in [0.717, 1.165) is 48.3 Å². The zero-order valence-corrected chi connectivity index (χ0v) is 26.5. The Morgan fingerprint density at radius 2 is 1.57 bits per heavy atom. The Morgan fingerprint density at radius 1 is 0.886 bits per heavy atom. The highest BCUT2D eigenvalue weighted by molar-refractivity contribution is 6.36. The molecule has 0 saturated carbocycles. The fourth-order valence-corrected chi connectivity index (χ4v) is 7.01. The molecular formula is C33H39Cl2N5O4. The first-order valence-electron chi connectivity index (χ1n) is 15.1. The van der Waals surface area contributed by atoms with Crippen molar-refractivity contribution >= 4 is 40.9 Å². The molecule has 2 fully saturated rings. The predicted octanol–water partition coefficient (Wildman–Crippen LogP) is 5.26. The number of amides is 3. The van der Waals surface area contributed by atoms with E-state index in [1.165, 1.54) is 6.42 Å². The van der Waals surface area contributed by atoms with Gasteiger partial charge in [-0.25, -0.2) is 0 Å². The maximum Gasteiger partial charge on any atom is 0.270 e. The zero-order chi connectivity index (χ0) is 31.4. The van der Waals surface area contributed by atoms with Crippen LogP contribution < -0.4 is 16.2 Å². The Bertz CT molecular complexity index is 1520. The van der Waals surface area contributed by atoms with E-state index in [4.69, 9.17) is 39.4 Å². The first kappa shape index (κ1) is 31.9. The molecule has 0 bridgehead atoms. The maximum atomic E-state index is 14.1. The summed E-state index contributed by atoms with van der Waals surface area (Å²) in [7, 11) is 1.87. The second-order valence-corrected chi connectivity index (χ2v) is 12.5. The molecule has 2 aliphatic rings. The van der Waals surface area contributed by atoms with E-state index in [2.05, 4.69) is 4.90 Å². The van der Waals surface area contributed by atoms with Gasteiger partial charge in [0.2, 0.25) is 11.8 Å². The predicted molar refractivity (Wildman–Crippen MR) is 173 cm³/mol. The first-order chi connectivity index (χ1) is 21.1. The highest BCUT2D eigenvalue weighted by atomic mass is 35.5. The van der Waals surface area contributed by atoms with Crippen molar-refractivity contribution in [2.24, 2.45) is 18.5 Å². The number of halogens is 2. The van der Waals surface area contributed by atoms with Gasteiger partial charge in [0.15, 0.2) is 0 Å². The van der Waals surface area contributed by atoms with Crippen LogP contribution >= 0.6 is 23.2 Å². The Kier molecular flexibility index (Phi) is 9.87. The van der Waals surface area contributed by atoms with Crippen LogP contribution in [0.2, 0.25) is 10.0 Å². The molecule has 11 heteroatoms. The molecule has 44 heavy (non-hydrogen) atoms. The van der Waals surface area contributed by atoms with Gasteiger partial charge < -0.3 is 25.7 Å². The fraction of sp³-hybridized carbons (Fsp3) is 0.424. The number of rotatable bonds is 10. The van der Waals surface area contributed by atoms with Crippen LogP contribution in [0.4, 0.5) is 0 Å². The molecule has 0 atom stereocenters. The number of hydrogen-bond acceptors (Lipinski definition) is 5. The van der Waals surface area contributed by atoms with Crippen LogP contribution in [0.3, 0.4) is 0 Å². The standard InChI is InChI=1S/C33H39Cl2N5O4/c1-38-28(31(42)39-17-13-33(14-18-39,32(37)43)40-15-3-2-4-16-40)21-26(25-12-9-23(34)20-27(25)35)30(38)22-7-10-24(11-8-22)44-19-5-6-29(36)41/h7-12,20-21H,2-6,13-19H2,1H3,(H2,36,41)(H2,37,43). The molecule has 3 aromatic rings. The maximum absolute atomic E-state index is 14.1. The van der Waals surface area contributed by atoms with Gasteiger partial charge in [-0.2, -0.15) is 0 Å². The normalized spacial score (nSPS) is 16.9. The third kappa shape index (κ3) is 6.60. The van der Waals surface area contributed by atoms with Gasteiger partial charge in [0, 0.05) is 47.7 Å². The number of likely N-dealkylation sites (tertiary alicyclic amines) is 2. The average Bonchev–Trinajstić information content (AvgIpc) is 3.36. The minimum Gasteiger partial charge on any atom is -0.494 e. The number of primary amides is 2. The average molecular weight is 641 g/mol. The number of hydrogen-bond donors (Lipinski definition) is 2. The quantitative estimate of drug-likeness (QED) is 0.293. The molecule has 3 heterocycles. The molecule has 4 N–H and O–H groups in total. The number of carbonyl (C=O) groups is 3. The molecule has 1 aromatic heterocycles. The second-order valence-electron chi connectivity index (χ2n) is 11.7. The van der Waals surface area contributed by atoms with Crippen LogP contribution in [0, 0.1) is 0 Å². The molecule has 0 unspecified atom stereocenters. The minimum absolute atomic E-state index is 0.115. The van der Waals surface area contributed by atoms with Gasteiger partial charge in [0.05, 0.1) is 12.3 Å². The van der Waals surface area contributed by atoms with Gasteiger partial charge in [0.1, 0.15) is 17.0 Å². The van der Waals surface area contributed by atoms with Crippen molar-refractivity contribution in [3.05, 3.63) is 64.3 Å². The highest BCUT2D eigenvalue weighted by Gasteiger charge is 2.46. The number of carbonyl (C=O) groups excluding carboxylic acids is 3. The largest absolute Gasteiger partial charge is 0.494 e. The molecule has 2 aliphatic heterocycles. The minimum atomic E-state index is -0.706. The lowest BCUT2D eigenvalue weighted by atomic mass is 9.83. The van der Waals surface area contributed by atoms with Crippen molar-refractivity contribution in [3.8, 4) is 28.1 Å². The molecule has 3 amide bonds. The van der Waals surface area contributed by atoms with Gasteiger partial charge in [-0.3, -0.25) is 19.3 Å². The molecule has 0 aliphatic carbocycles. The molecule has 2 aromatic carbocycles. The molecule has 9 nitrogen and oxygen atoms in total. The van der Waals surface area contributed by atoms with E-state index < -0.39 is 5.54 Å². The summed E-state index contributed by atoms with van der Waals surface area (Å²) in [5, 5.41) is 0.994. The summed E-state index contributed by atoms with van der Waals surface area (Å²) < 4.78 is 7.67. The van der Waals surface area contributed by atoms with E-state index in [0.29, 0.717) is 60.4 Å². The smallest absolute Gasteiger partial charge is 0.270 e. The number of aromatic nitrogens is 1. The molecule has 0 radical (unpaired) electrons. The van der Waals surface area contributed by atoms with Gasteiger partial charge in [-0.05, 0) is 93.2 Å². The third-order valence-corrected chi connectivity index (χ3v) is 9.48. The SMILES string of the molecule is Cn1c(C(=O)N2CCC(C(N)=O)(N3CCCCC3)CC2)cc(-c2ccc(Cl)cc2Cl)c1-c1ccc(OCCCC(N)=O)cc1. The molecular weight excluding hydrogens is 601 g/mol.